The first-order chi connectivity index (χ1) is 31.9. The van der Waals surface area contributed by atoms with Gasteiger partial charge in [0.2, 0.25) is 0 Å². The standard InChI is InChI=1S/C62H49N3/c1-44-21-18-36-59-61(44)58-38-37-52(43-60(58)62(59,2)3)65(51-33-19-24-46(39-51)57-35-20-23-45-22-16-17-34-56(45)57)55-41-53(63(47-25-8-4-9-26-47)48-27-10-5-11-28-48)40-54(42-55)64(49-29-12-6-13-30-49)50-31-14-7-15-32-50/h4-43H,1-3H3. The molecule has 0 saturated heterocycles. The van der Waals surface area contributed by atoms with Crippen molar-refractivity contribution in [2.24, 2.45) is 0 Å². The van der Waals surface area contributed by atoms with Gasteiger partial charge < -0.3 is 14.7 Å². The van der Waals surface area contributed by atoms with Gasteiger partial charge in [0.25, 0.3) is 0 Å². The molecule has 0 N–H and O–H groups in total. The lowest BCUT2D eigenvalue weighted by Crippen LogP contribution is -2.18. The van der Waals surface area contributed by atoms with Crippen LogP contribution >= 0.6 is 0 Å². The minimum Gasteiger partial charge on any atom is -0.310 e. The van der Waals surface area contributed by atoms with Crippen LogP contribution < -0.4 is 14.7 Å². The molecule has 1 aliphatic carbocycles. The van der Waals surface area contributed by atoms with E-state index in [9.17, 15) is 0 Å². The molecule has 0 atom stereocenters. The molecule has 10 aromatic rings. The van der Waals surface area contributed by atoms with E-state index >= 15 is 0 Å². The molecule has 0 amide bonds. The number of nitrogens with zero attached hydrogens (tertiary/aromatic N) is 3. The van der Waals surface area contributed by atoms with Crippen LogP contribution in [0, 0.1) is 6.92 Å². The van der Waals surface area contributed by atoms with E-state index in [1.54, 1.807) is 0 Å². The molecule has 0 radical (unpaired) electrons. The van der Waals surface area contributed by atoms with Crippen molar-refractivity contribution in [3.63, 3.8) is 0 Å². The highest BCUT2D eigenvalue weighted by atomic mass is 15.2. The number of anilines is 9. The summed E-state index contributed by atoms with van der Waals surface area (Å²) < 4.78 is 0. The molecule has 0 aromatic heterocycles. The van der Waals surface area contributed by atoms with Gasteiger partial charge in [-0.25, -0.2) is 0 Å². The zero-order valence-corrected chi connectivity index (χ0v) is 36.9. The molecule has 65 heavy (non-hydrogen) atoms. The van der Waals surface area contributed by atoms with Crippen LogP contribution in [0.3, 0.4) is 0 Å². The van der Waals surface area contributed by atoms with Gasteiger partial charge in [-0.15, -0.1) is 0 Å². The molecule has 0 unspecified atom stereocenters. The van der Waals surface area contributed by atoms with Crippen molar-refractivity contribution < 1.29 is 0 Å². The Labute approximate surface area is 382 Å². The molecule has 10 aromatic carbocycles. The van der Waals surface area contributed by atoms with Crippen molar-refractivity contribution >= 4 is 62.0 Å². The second-order valence-electron chi connectivity index (χ2n) is 17.5. The van der Waals surface area contributed by atoms with E-state index in [2.05, 4.69) is 278 Å². The Kier molecular flexibility index (Phi) is 10.1. The van der Waals surface area contributed by atoms with Gasteiger partial charge >= 0.3 is 0 Å². The fourth-order valence-electron chi connectivity index (χ4n) is 10.0. The maximum Gasteiger partial charge on any atom is 0.0503 e. The summed E-state index contributed by atoms with van der Waals surface area (Å²) in [7, 11) is 0. The van der Waals surface area contributed by atoms with Crippen molar-refractivity contribution in [2.45, 2.75) is 26.2 Å². The van der Waals surface area contributed by atoms with E-state index in [0.29, 0.717) is 0 Å². The summed E-state index contributed by atoms with van der Waals surface area (Å²) in [6, 6.07) is 88.2. The van der Waals surface area contributed by atoms with Crippen LogP contribution in [0.5, 0.6) is 0 Å². The first-order valence-corrected chi connectivity index (χ1v) is 22.5. The van der Waals surface area contributed by atoms with E-state index in [0.717, 1.165) is 56.7 Å². The number of hydrogen-bond donors (Lipinski definition) is 0. The summed E-state index contributed by atoms with van der Waals surface area (Å²) in [5.41, 5.74) is 18.4. The van der Waals surface area contributed by atoms with Gasteiger partial charge in [-0.2, -0.15) is 0 Å². The molecule has 1 aliphatic rings. The predicted molar refractivity (Wildman–Crippen MR) is 276 cm³/mol. The zero-order valence-electron chi connectivity index (χ0n) is 36.9. The summed E-state index contributed by atoms with van der Waals surface area (Å²) in [6.45, 7) is 6.99. The lowest BCUT2D eigenvalue weighted by Gasteiger charge is -2.33. The van der Waals surface area contributed by atoms with Crippen molar-refractivity contribution in [3.05, 3.63) is 259 Å². The molecule has 0 heterocycles. The summed E-state index contributed by atoms with van der Waals surface area (Å²) in [4.78, 5) is 7.21. The van der Waals surface area contributed by atoms with Crippen molar-refractivity contribution in [2.75, 3.05) is 14.7 Å². The molecule has 0 saturated carbocycles. The highest BCUT2D eigenvalue weighted by Crippen LogP contribution is 2.53. The lowest BCUT2D eigenvalue weighted by molar-refractivity contribution is 0.660. The number of rotatable bonds is 10. The number of benzene rings is 10. The topological polar surface area (TPSA) is 9.72 Å². The molecule has 0 aliphatic heterocycles. The maximum atomic E-state index is 2.47. The van der Waals surface area contributed by atoms with Gasteiger partial charge in [0.05, 0.1) is 17.1 Å². The second-order valence-corrected chi connectivity index (χ2v) is 17.5. The molecule has 11 rings (SSSR count). The zero-order chi connectivity index (χ0) is 43.9. The molecule has 0 fully saturated rings. The van der Waals surface area contributed by atoms with Crippen LogP contribution in [-0.2, 0) is 5.41 Å². The number of para-hydroxylation sites is 4. The van der Waals surface area contributed by atoms with Gasteiger partial charge in [-0.1, -0.05) is 166 Å². The van der Waals surface area contributed by atoms with Crippen LogP contribution in [0.25, 0.3) is 33.0 Å². The molecule has 0 spiro atoms. The van der Waals surface area contributed by atoms with Crippen molar-refractivity contribution in [1.29, 1.82) is 0 Å². The molecule has 3 nitrogen and oxygen atoms in total. The average molecular weight is 836 g/mol. The lowest BCUT2D eigenvalue weighted by atomic mass is 9.82. The summed E-state index contributed by atoms with van der Waals surface area (Å²) >= 11 is 0. The van der Waals surface area contributed by atoms with E-state index < -0.39 is 0 Å². The van der Waals surface area contributed by atoms with E-state index in [4.69, 9.17) is 0 Å². The monoisotopic (exact) mass is 835 g/mol. The molecule has 0 bridgehead atoms. The minimum absolute atomic E-state index is 0.189. The Balaban J connectivity index is 1.20. The number of fused-ring (bicyclic) bond motifs is 4. The predicted octanol–water partition coefficient (Wildman–Crippen LogP) is 17.5. The highest BCUT2D eigenvalue weighted by Gasteiger charge is 2.37. The third-order valence-corrected chi connectivity index (χ3v) is 13.1. The Morgan fingerprint density at radius 1 is 0.308 bits per heavy atom. The summed E-state index contributed by atoms with van der Waals surface area (Å²) in [5, 5.41) is 2.46. The Hall–Kier alpha value is -8.14. The molecular weight excluding hydrogens is 787 g/mol. The number of hydrogen-bond acceptors (Lipinski definition) is 3. The Morgan fingerprint density at radius 2 is 0.754 bits per heavy atom. The molecule has 312 valence electrons. The van der Waals surface area contributed by atoms with Gasteiger partial charge in [0, 0.05) is 39.5 Å². The van der Waals surface area contributed by atoms with Crippen LogP contribution in [0.15, 0.2) is 243 Å². The first kappa shape index (κ1) is 39.7. The normalized spacial score (nSPS) is 12.4. The van der Waals surface area contributed by atoms with Gasteiger partial charge in [0.1, 0.15) is 0 Å². The first-order valence-electron chi connectivity index (χ1n) is 22.5. The van der Waals surface area contributed by atoms with Crippen molar-refractivity contribution in [1.82, 2.24) is 0 Å². The summed E-state index contributed by atoms with van der Waals surface area (Å²) in [5.74, 6) is 0. The third kappa shape index (κ3) is 7.22. The van der Waals surface area contributed by atoms with Crippen LogP contribution in [0.4, 0.5) is 51.2 Å². The van der Waals surface area contributed by atoms with Crippen molar-refractivity contribution in [3.8, 4) is 22.3 Å². The third-order valence-electron chi connectivity index (χ3n) is 13.1. The molecule has 3 heteroatoms. The quantitative estimate of drug-likeness (QED) is 0.136. The van der Waals surface area contributed by atoms with Gasteiger partial charge in [-0.05, 0) is 148 Å². The smallest absolute Gasteiger partial charge is 0.0503 e. The van der Waals surface area contributed by atoms with Gasteiger partial charge in [-0.3, -0.25) is 0 Å². The maximum absolute atomic E-state index is 2.47. The van der Waals surface area contributed by atoms with E-state index in [1.165, 1.54) is 44.2 Å². The van der Waals surface area contributed by atoms with Crippen LogP contribution in [0.2, 0.25) is 0 Å². The Morgan fingerprint density at radius 3 is 1.32 bits per heavy atom. The highest BCUT2D eigenvalue weighted by molar-refractivity contribution is 5.98. The van der Waals surface area contributed by atoms with E-state index in [1.807, 2.05) is 0 Å². The van der Waals surface area contributed by atoms with Gasteiger partial charge in [0.15, 0.2) is 0 Å². The fourth-order valence-corrected chi connectivity index (χ4v) is 10.0. The van der Waals surface area contributed by atoms with Crippen LogP contribution in [0.1, 0.15) is 30.5 Å². The fraction of sp³-hybridized carbons (Fsp3) is 0.0645. The van der Waals surface area contributed by atoms with Crippen LogP contribution in [-0.4, -0.2) is 0 Å². The Bertz CT molecular complexity index is 3120. The molecular formula is C62H49N3. The summed E-state index contributed by atoms with van der Waals surface area (Å²) in [6.07, 6.45) is 0. The largest absolute Gasteiger partial charge is 0.310 e. The van der Waals surface area contributed by atoms with E-state index in [-0.39, 0.29) is 5.41 Å². The number of aryl methyl sites for hydroxylation is 1. The second kappa shape index (κ2) is 16.5. The SMILES string of the molecule is Cc1cccc2c1-c1ccc(N(c3cccc(-c4cccc5ccccc45)c3)c3cc(N(c4ccccc4)c4ccccc4)cc(N(c4ccccc4)c4ccccc4)c3)cc1C2(C)C. The average Bonchev–Trinajstić information content (AvgIpc) is 3.59. The minimum atomic E-state index is -0.189.